The second-order valence-electron chi connectivity index (χ2n) is 6.72. The largest absolute Gasteiger partial charge is 0.401 e. The van der Waals surface area contributed by atoms with Crippen molar-refractivity contribution >= 4 is 5.91 Å². The van der Waals surface area contributed by atoms with Gasteiger partial charge in [-0.2, -0.15) is 18.3 Å². The van der Waals surface area contributed by atoms with Crippen LogP contribution < -0.4 is 5.32 Å². The van der Waals surface area contributed by atoms with Crippen LogP contribution >= 0.6 is 0 Å². The molecule has 1 unspecified atom stereocenters. The van der Waals surface area contributed by atoms with Gasteiger partial charge in [0.25, 0.3) is 5.91 Å². The van der Waals surface area contributed by atoms with E-state index in [-0.39, 0.29) is 18.5 Å². The topological polar surface area (TPSA) is 53.4 Å². The maximum atomic E-state index is 12.6. The maximum Gasteiger partial charge on any atom is 0.401 e. The lowest BCUT2D eigenvalue weighted by Gasteiger charge is -2.23. The summed E-state index contributed by atoms with van der Waals surface area (Å²) in [6.45, 7) is 2.28. The molecule has 0 aromatic carbocycles. The van der Waals surface area contributed by atoms with Gasteiger partial charge in [-0.3, -0.25) is 14.4 Å². The van der Waals surface area contributed by atoms with Gasteiger partial charge in [-0.25, -0.2) is 0 Å². The smallest absolute Gasteiger partial charge is 0.336 e. The van der Waals surface area contributed by atoms with Gasteiger partial charge in [-0.15, -0.1) is 0 Å². The van der Waals surface area contributed by atoms with E-state index in [9.17, 15) is 18.0 Å². The first-order chi connectivity index (χ1) is 11.9. The molecule has 3 heterocycles. The number of hydrogen-bond acceptors (Lipinski definition) is 4. The van der Waals surface area contributed by atoms with Gasteiger partial charge in [0.05, 0.1) is 12.6 Å². The lowest BCUT2D eigenvalue weighted by molar-refractivity contribution is -0.145. The van der Waals surface area contributed by atoms with E-state index in [0.717, 1.165) is 25.9 Å². The van der Waals surface area contributed by atoms with Gasteiger partial charge in [0.1, 0.15) is 5.69 Å². The molecule has 1 amide bonds. The number of halogens is 3. The maximum absolute atomic E-state index is 12.6. The van der Waals surface area contributed by atoms with Gasteiger partial charge in [0, 0.05) is 38.9 Å². The second kappa shape index (κ2) is 7.74. The average molecular weight is 359 g/mol. The first-order valence-corrected chi connectivity index (χ1v) is 8.76. The minimum absolute atomic E-state index is 0.198. The molecule has 0 bridgehead atoms. The quantitative estimate of drug-likeness (QED) is 0.889. The van der Waals surface area contributed by atoms with E-state index in [1.165, 1.54) is 4.90 Å². The monoisotopic (exact) mass is 359 g/mol. The molecule has 6 nitrogen and oxygen atoms in total. The Bertz CT molecular complexity index is 583. The molecule has 2 aliphatic heterocycles. The summed E-state index contributed by atoms with van der Waals surface area (Å²) in [4.78, 5) is 15.6. The van der Waals surface area contributed by atoms with Crippen molar-refractivity contribution in [3.8, 4) is 0 Å². The normalized spacial score (nSPS) is 23.5. The molecule has 25 heavy (non-hydrogen) atoms. The van der Waals surface area contributed by atoms with Crippen LogP contribution in [0.3, 0.4) is 0 Å². The minimum Gasteiger partial charge on any atom is -0.336 e. The van der Waals surface area contributed by atoms with E-state index in [1.54, 1.807) is 11.0 Å². The lowest BCUT2D eigenvalue weighted by atomic mass is 10.1. The highest BCUT2D eigenvalue weighted by molar-refractivity contribution is 5.92. The predicted molar refractivity (Wildman–Crippen MR) is 86.4 cm³/mol. The van der Waals surface area contributed by atoms with Crippen LogP contribution in [0.2, 0.25) is 0 Å². The Morgan fingerprint density at radius 1 is 1.24 bits per heavy atom. The number of carbonyl (C=O) groups excluding carboxylic acids is 1. The molecule has 2 saturated heterocycles. The number of aromatic nitrogens is 2. The number of hydrogen-bond donors (Lipinski definition) is 1. The summed E-state index contributed by atoms with van der Waals surface area (Å²) >= 11 is 0. The fraction of sp³-hybridized carbons (Fsp3) is 0.750. The first-order valence-electron chi connectivity index (χ1n) is 8.76. The molecular weight excluding hydrogens is 335 g/mol. The Labute approximate surface area is 144 Å². The van der Waals surface area contributed by atoms with E-state index >= 15 is 0 Å². The van der Waals surface area contributed by atoms with Crippen LogP contribution in [-0.4, -0.2) is 77.5 Å². The van der Waals surface area contributed by atoms with Crippen molar-refractivity contribution in [3.63, 3.8) is 0 Å². The highest BCUT2D eigenvalue weighted by Crippen LogP contribution is 2.19. The number of amides is 1. The molecule has 3 rings (SSSR count). The van der Waals surface area contributed by atoms with Crippen molar-refractivity contribution in [1.29, 1.82) is 0 Å². The summed E-state index contributed by atoms with van der Waals surface area (Å²) in [6.07, 6.45) is 0.257. The summed E-state index contributed by atoms with van der Waals surface area (Å²) < 4.78 is 39.4. The van der Waals surface area contributed by atoms with E-state index < -0.39 is 12.7 Å². The highest BCUT2D eigenvalue weighted by atomic mass is 19.4. The third kappa shape index (κ3) is 4.94. The molecule has 0 radical (unpaired) electrons. The van der Waals surface area contributed by atoms with Crippen LogP contribution in [0.15, 0.2) is 12.3 Å². The zero-order valence-electron chi connectivity index (χ0n) is 14.1. The Balaban J connectivity index is 1.58. The summed E-state index contributed by atoms with van der Waals surface area (Å²) in [6, 6.07) is 1.96. The van der Waals surface area contributed by atoms with Crippen LogP contribution in [0.1, 0.15) is 35.8 Å². The van der Waals surface area contributed by atoms with E-state index in [4.69, 9.17) is 0 Å². The Morgan fingerprint density at radius 3 is 2.80 bits per heavy atom. The summed E-state index contributed by atoms with van der Waals surface area (Å²) in [5.74, 6) is -0.198. The fourth-order valence-electron chi connectivity index (χ4n) is 3.46. The van der Waals surface area contributed by atoms with Crippen LogP contribution in [0.5, 0.6) is 0 Å². The molecular formula is C16H24F3N5O. The minimum atomic E-state index is -4.20. The summed E-state index contributed by atoms with van der Waals surface area (Å²) in [7, 11) is 0. The van der Waals surface area contributed by atoms with Crippen LogP contribution in [0, 0.1) is 0 Å². The molecule has 140 valence electrons. The molecule has 2 fully saturated rings. The predicted octanol–water partition coefficient (Wildman–Crippen LogP) is 1.52. The molecule has 0 aliphatic carbocycles. The number of alkyl halides is 3. The zero-order chi connectivity index (χ0) is 17.9. The average Bonchev–Trinajstić information content (AvgIpc) is 2.96. The number of nitrogens with zero attached hydrogens (tertiary/aromatic N) is 4. The van der Waals surface area contributed by atoms with E-state index in [1.807, 2.05) is 10.9 Å². The van der Waals surface area contributed by atoms with Gasteiger partial charge >= 0.3 is 6.18 Å². The van der Waals surface area contributed by atoms with Gasteiger partial charge in [0.15, 0.2) is 0 Å². The van der Waals surface area contributed by atoms with Gasteiger partial charge < -0.3 is 10.2 Å². The summed E-state index contributed by atoms with van der Waals surface area (Å²) in [5, 5.41) is 7.72. The third-order valence-electron chi connectivity index (χ3n) is 4.75. The molecule has 1 aromatic rings. The number of piperidine rings is 1. The first kappa shape index (κ1) is 18.2. The molecule has 1 N–H and O–H groups in total. The SMILES string of the molecule is O=C(c1ccn(C2CCCNC2)n1)N1CCCN(CC(F)(F)F)CC1. The van der Waals surface area contributed by atoms with Crippen molar-refractivity contribution in [1.82, 2.24) is 24.9 Å². The number of nitrogens with one attached hydrogen (secondary N) is 1. The van der Waals surface area contributed by atoms with Gasteiger partial charge in [-0.05, 0) is 31.9 Å². The second-order valence-corrected chi connectivity index (χ2v) is 6.72. The molecule has 0 saturated carbocycles. The van der Waals surface area contributed by atoms with Crippen LogP contribution in [-0.2, 0) is 0 Å². The number of rotatable bonds is 3. The standard InChI is InChI=1S/C16H24F3N5O/c17-16(18,19)12-22-6-2-7-23(10-9-22)15(25)14-4-8-24(21-14)13-3-1-5-20-11-13/h4,8,13,20H,1-3,5-7,9-12H2. The molecule has 1 atom stereocenters. The van der Waals surface area contributed by atoms with Crippen molar-refractivity contribution in [2.75, 3.05) is 45.8 Å². The molecule has 9 heteroatoms. The highest BCUT2D eigenvalue weighted by Gasteiger charge is 2.32. The Kier molecular flexibility index (Phi) is 5.63. The van der Waals surface area contributed by atoms with Gasteiger partial charge in [-0.1, -0.05) is 0 Å². The van der Waals surface area contributed by atoms with Crippen molar-refractivity contribution in [2.45, 2.75) is 31.5 Å². The van der Waals surface area contributed by atoms with Gasteiger partial charge in [0.2, 0.25) is 0 Å². The lowest BCUT2D eigenvalue weighted by Crippen LogP contribution is -2.38. The van der Waals surface area contributed by atoms with E-state index in [0.29, 0.717) is 31.7 Å². The fourth-order valence-corrected chi connectivity index (χ4v) is 3.46. The zero-order valence-corrected chi connectivity index (χ0v) is 14.1. The molecule has 1 aromatic heterocycles. The van der Waals surface area contributed by atoms with Crippen molar-refractivity contribution < 1.29 is 18.0 Å². The molecule has 2 aliphatic rings. The Hall–Kier alpha value is -1.61. The Morgan fingerprint density at radius 2 is 2.08 bits per heavy atom. The van der Waals surface area contributed by atoms with Crippen LogP contribution in [0.4, 0.5) is 13.2 Å². The number of carbonyl (C=O) groups is 1. The van der Waals surface area contributed by atoms with Crippen molar-refractivity contribution in [3.05, 3.63) is 18.0 Å². The van der Waals surface area contributed by atoms with E-state index in [2.05, 4.69) is 10.4 Å². The molecule has 0 spiro atoms. The van der Waals surface area contributed by atoms with Crippen molar-refractivity contribution in [2.24, 2.45) is 0 Å². The third-order valence-corrected chi connectivity index (χ3v) is 4.75. The summed E-state index contributed by atoms with van der Waals surface area (Å²) in [5.41, 5.74) is 0.370. The van der Waals surface area contributed by atoms with Crippen LogP contribution in [0.25, 0.3) is 0 Å².